The summed E-state index contributed by atoms with van der Waals surface area (Å²) in [4.78, 5) is 49.9. The molecule has 11 nitrogen and oxygen atoms in total. The zero-order valence-electron chi connectivity index (χ0n) is 21.8. The van der Waals surface area contributed by atoms with Crippen LogP contribution in [0.25, 0.3) is 0 Å². The van der Waals surface area contributed by atoms with Crippen molar-refractivity contribution in [3.05, 3.63) is 63.2 Å². The summed E-state index contributed by atoms with van der Waals surface area (Å²) in [6.07, 6.45) is 0.793. The van der Waals surface area contributed by atoms with Crippen molar-refractivity contribution in [2.45, 2.75) is 65.1 Å². The van der Waals surface area contributed by atoms with Crippen LogP contribution in [0.1, 0.15) is 66.3 Å². The molecule has 1 unspecified atom stereocenters. The Morgan fingerprint density at radius 3 is 2.39 bits per heavy atom. The van der Waals surface area contributed by atoms with Gasteiger partial charge in [0.15, 0.2) is 0 Å². The molecule has 1 heterocycles. The average Bonchev–Trinajstić information content (AvgIpc) is 3.54. The van der Waals surface area contributed by atoms with Crippen LogP contribution in [0.4, 0.5) is 16.2 Å². The highest BCUT2D eigenvalue weighted by atomic mass is 16.6. The number of carboxylic acid groups (broad SMARTS) is 1. The van der Waals surface area contributed by atoms with Crippen molar-refractivity contribution in [2.75, 3.05) is 11.9 Å². The summed E-state index contributed by atoms with van der Waals surface area (Å²) in [5.41, 5.74) is 0.390. The summed E-state index contributed by atoms with van der Waals surface area (Å²) < 4.78 is 6.13. The van der Waals surface area contributed by atoms with Gasteiger partial charge in [-0.05, 0) is 55.0 Å². The van der Waals surface area contributed by atoms with E-state index >= 15 is 0 Å². The molecule has 4 rings (SSSR count). The molecule has 2 aromatic carbocycles. The van der Waals surface area contributed by atoms with Gasteiger partial charge in [0, 0.05) is 36.3 Å². The second kappa shape index (κ2) is 10.3. The fourth-order valence-electron chi connectivity index (χ4n) is 4.82. The van der Waals surface area contributed by atoms with E-state index in [1.54, 1.807) is 25.1 Å². The molecule has 0 spiro atoms. The van der Waals surface area contributed by atoms with Gasteiger partial charge in [-0.25, -0.2) is 4.79 Å². The van der Waals surface area contributed by atoms with Gasteiger partial charge >= 0.3 is 6.09 Å². The van der Waals surface area contributed by atoms with Crippen LogP contribution < -0.4 is 15.4 Å². The Labute approximate surface area is 220 Å². The number of carbonyl (C=O) groups is 3. The molecule has 2 atom stereocenters. The number of hydrogen-bond donors (Lipinski definition) is 3. The summed E-state index contributed by atoms with van der Waals surface area (Å²) in [6, 6.07) is 8.55. The predicted octanol–water partition coefficient (Wildman–Crippen LogP) is 4.59. The molecule has 3 amide bonds. The van der Waals surface area contributed by atoms with Gasteiger partial charge in [-0.3, -0.25) is 19.7 Å². The lowest BCUT2D eigenvalue weighted by Gasteiger charge is -2.36. The minimum absolute atomic E-state index is 0.174. The molecule has 0 radical (unpaired) electrons. The predicted molar refractivity (Wildman–Crippen MR) is 140 cm³/mol. The number of anilines is 1. The van der Waals surface area contributed by atoms with E-state index < -0.39 is 40.2 Å². The minimum Gasteiger partial charge on any atom is -0.488 e. The molecule has 2 aromatic rings. The highest BCUT2D eigenvalue weighted by Crippen LogP contribution is 2.36. The summed E-state index contributed by atoms with van der Waals surface area (Å²) in [6.45, 7) is 7.82. The normalized spacial score (nSPS) is 19.1. The molecule has 3 N–H and O–H groups in total. The van der Waals surface area contributed by atoms with E-state index in [1.165, 1.54) is 23.1 Å². The second-order valence-corrected chi connectivity index (χ2v) is 10.9. The molecule has 38 heavy (non-hydrogen) atoms. The number of rotatable bonds is 7. The maximum absolute atomic E-state index is 13.3. The summed E-state index contributed by atoms with van der Waals surface area (Å²) in [5.74, 6) is -0.748. The Hall–Kier alpha value is -4.15. The average molecular weight is 525 g/mol. The summed E-state index contributed by atoms with van der Waals surface area (Å²) in [5, 5.41) is 26.9. The van der Waals surface area contributed by atoms with Crippen LogP contribution in [0.5, 0.6) is 5.75 Å². The first kappa shape index (κ1) is 26.9. The van der Waals surface area contributed by atoms with E-state index in [2.05, 4.69) is 10.6 Å². The van der Waals surface area contributed by atoms with Gasteiger partial charge in [-0.15, -0.1) is 0 Å². The van der Waals surface area contributed by atoms with Crippen LogP contribution in [0.15, 0.2) is 36.4 Å². The maximum atomic E-state index is 13.3. The van der Waals surface area contributed by atoms with E-state index in [1.807, 2.05) is 20.8 Å². The first-order valence-electron chi connectivity index (χ1n) is 12.5. The Morgan fingerprint density at radius 1 is 1.08 bits per heavy atom. The number of aryl methyl sites for hydroxylation is 1. The van der Waals surface area contributed by atoms with Crippen molar-refractivity contribution < 1.29 is 29.2 Å². The molecule has 1 aliphatic carbocycles. The number of ether oxygens (including phenoxy) is 1. The van der Waals surface area contributed by atoms with Crippen molar-refractivity contribution in [2.24, 2.45) is 5.41 Å². The van der Waals surface area contributed by atoms with E-state index in [0.717, 1.165) is 12.8 Å². The number of amides is 3. The lowest BCUT2D eigenvalue weighted by Crippen LogP contribution is -2.48. The van der Waals surface area contributed by atoms with Crippen LogP contribution in [0.3, 0.4) is 0 Å². The second-order valence-electron chi connectivity index (χ2n) is 10.9. The van der Waals surface area contributed by atoms with E-state index in [-0.39, 0.29) is 23.3 Å². The van der Waals surface area contributed by atoms with Crippen LogP contribution >= 0.6 is 0 Å². The first-order chi connectivity index (χ1) is 17.8. The third-order valence-corrected chi connectivity index (χ3v) is 6.83. The van der Waals surface area contributed by atoms with Gasteiger partial charge in [-0.1, -0.05) is 26.8 Å². The van der Waals surface area contributed by atoms with Gasteiger partial charge in [0.05, 0.1) is 11.0 Å². The monoisotopic (exact) mass is 524 g/mol. The summed E-state index contributed by atoms with van der Waals surface area (Å²) in [7, 11) is 0. The van der Waals surface area contributed by atoms with Crippen LogP contribution in [-0.2, 0) is 0 Å². The molecule has 1 saturated heterocycles. The van der Waals surface area contributed by atoms with Crippen molar-refractivity contribution >= 4 is 29.3 Å². The molecule has 0 bridgehead atoms. The Balaban J connectivity index is 1.59. The lowest BCUT2D eigenvalue weighted by atomic mass is 9.84. The SMILES string of the molecule is Cc1ccc(C(=O)NC2CC2)cc1NC(=O)c1cc(O[C@@H]2CCN(C(=O)O)C2C(C)(C)C)ccc1[N+](=O)[O-]. The maximum Gasteiger partial charge on any atom is 0.407 e. The fourth-order valence-corrected chi connectivity index (χ4v) is 4.82. The first-order valence-corrected chi connectivity index (χ1v) is 12.5. The van der Waals surface area contributed by atoms with Gasteiger partial charge < -0.3 is 25.4 Å². The van der Waals surface area contributed by atoms with Crippen molar-refractivity contribution in [3.8, 4) is 5.75 Å². The highest BCUT2D eigenvalue weighted by molar-refractivity contribution is 6.08. The van der Waals surface area contributed by atoms with Gasteiger partial charge in [0.25, 0.3) is 17.5 Å². The molecule has 0 aromatic heterocycles. The number of nitro groups is 1. The number of nitrogens with zero attached hydrogens (tertiary/aromatic N) is 2. The third-order valence-electron chi connectivity index (χ3n) is 6.83. The Morgan fingerprint density at radius 2 is 1.79 bits per heavy atom. The molecule has 1 aliphatic heterocycles. The summed E-state index contributed by atoms with van der Waals surface area (Å²) >= 11 is 0. The number of benzene rings is 2. The molecule has 2 aliphatic rings. The fraction of sp³-hybridized carbons (Fsp3) is 0.444. The van der Waals surface area contributed by atoms with Crippen molar-refractivity contribution in [1.29, 1.82) is 0 Å². The number of likely N-dealkylation sites (tertiary alicyclic amines) is 1. The standard InChI is InChI=1S/C27H32N4O7/c1-15-5-6-16(24(32)28-17-7-8-17)13-20(15)29-25(33)19-14-18(9-10-21(19)31(36)37)38-22-11-12-30(26(34)35)23(22)27(2,3)4/h5-6,9-10,13-14,17,22-23H,7-8,11-12H2,1-4H3,(H,28,32)(H,29,33)(H,34,35)/t22-,23?/m1/s1. The largest absolute Gasteiger partial charge is 0.488 e. The quantitative estimate of drug-likeness (QED) is 0.354. The zero-order valence-corrected chi connectivity index (χ0v) is 21.8. The molecular formula is C27H32N4O7. The van der Waals surface area contributed by atoms with E-state index in [4.69, 9.17) is 4.74 Å². The molecular weight excluding hydrogens is 492 g/mol. The molecule has 2 fully saturated rings. The smallest absolute Gasteiger partial charge is 0.407 e. The number of hydrogen-bond acceptors (Lipinski definition) is 6. The number of nitrogens with one attached hydrogen (secondary N) is 2. The van der Waals surface area contributed by atoms with Crippen molar-refractivity contribution in [1.82, 2.24) is 10.2 Å². The molecule has 1 saturated carbocycles. The third kappa shape index (κ3) is 5.87. The Bertz CT molecular complexity index is 1280. The van der Waals surface area contributed by atoms with Gasteiger partial charge in [0.1, 0.15) is 17.4 Å². The minimum atomic E-state index is -1.04. The molecule has 11 heteroatoms. The number of nitro benzene ring substituents is 1. The van der Waals surface area contributed by atoms with Crippen LogP contribution in [0, 0.1) is 22.5 Å². The van der Waals surface area contributed by atoms with Crippen LogP contribution in [-0.4, -0.2) is 57.6 Å². The van der Waals surface area contributed by atoms with Crippen molar-refractivity contribution in [3.63, 3.8) is 0 Å². The van der Waals surface area contributed by atoms with E-state index in [9.17, 15) is 29.6 Å². The van der Waals surface area contributed by atoms with Gasteiger partial charge in [0.2, 0.25) is 0 Å². The van der Waals surface area contributed by atoms with Gasteiger partial charge in [-0.2, -0.15) is 0 Å². The Kier molecular flexibility index (Phi) is 7.30. The van der Waals surface area contributed by atoms with E-state index in [0.29, 0.717) is 29.8 Å². The van der Waals surface area contributed by atoms with Crippen LogP contribution in [0.2, 0.25) is 0 Å². The molecule has 202 valence electrons. The highest BCUT2D eigenvalue weighted by Gasteiger charge is 2.45. The topological polar surface area (TPSA) is 151 Å². The lowest BCUT2D eigenvalue weighted by molar-refractivity contribution is -0.385. The zero-order chi connectivity index (χ0) is 27.8. The number of carbonyl (C=O) groups excluding carboxylic acids is 2.